The average molecular weight is 257 g/mol. The number of hydrogen-bond acceptors (Lipinski definition) is 2. The van der Waals surface area contributed by atoms with Crippen LogP contribution in [0.4, 0.5) is 0 Å². The third kappa shape index (κ3) is 1.95. The monoisotopic (exact) mass is 256 g/mol. The van der Waals surface area contributed by atoms with Crippen LogP contribution in [-0.2, 0) is 9.59 Å². The molecule has 1 saturated heterocycles. The Morgan fingerprint density at radius 1 is 1.53 bits per heavy atom. The van der Waals surface area contributed by atoms with E-state index in [4.69, 9.17) is 11.6 Å². The molecule has 4 nitrogen and oxygen atoms in total. The molecule has 0 radical (unpaired) electrons. The molecule has 0 spiro atoms. The number of halogens is 1. The minimum atomic E-state index is -0.708. The number of rotatable bonds is 3. The van der Waals surface area contributed by atoms with Gasteiger partial charge < -0.3 is 10.2 Å². The highest BCUT2D eigenvalue weighted by Crippen LogP contribution is 2.44. The van der Waals surface area contributed by atoms with Crippen molar-refractivity contribution in [3.05, 3.63) is 11.6 Å². The second-order valence-electron chi connectivity index (χ2n) is 4.93. The minimum absolute atomic E-state index is 0.0335. The summed E-state index contributed by atoms with van der Waals surface area (Å²) in [5.41, 5.74) is 0.678. The van der Waals surface area contributed by atoms with Gasteiger partial charge in [0, 0.05) is 12.1 Å². The SMILES string of the molecule is CC1NC(=O)C(C)(C2CC2)N(C/C=C/Cl)C1=O. The van der Waals surface area contributed by atoms with Gasteiger partial charge in [-0.25, -0.2) is 0 Å². The van der Waals surface area contributed by atoms with Crippen molar-refractivity contribution in [2.75, 3.05) is 6.54 Å². The predicted octanol–water partition coefficient (Wildman–Crippen LogP) is 1.25. The largest absolute Gasteiger partial charge is 0.343 e. The Labute approximate surface area is 106 Å². The highest BCUT2D eigenvalue weighted by molar-refractivity contribution is 6.25. The zero-order chi connectivity index (χ0) is 12.6. The number of carbonyl (C=O) groups is 2. The van der Waals surface area contributed by atoms with E-state index in [2.05, 4.69) is 5.32 Å². The number of piperazine rings is 1. The Bertz CT molecular complexity index is 379. The first-order valence-corrected chi connectivity index (χ1v) is 6.33. The molecule has 0 aromatic rings. The van der Waals surface area contributed by atoms with Crippen LogP contribution in [0.1, 0.15) is 26.7 Å². The highest BCUT2D eigenvalue weighted by Gasteiger charge is 2.55. The molecule has 5 heteroatoms. The van der Waals surface area contributed by atoms with Gasteiger partial charge in [0.15, 0.2) is 0 Å². The summed E-state index contributed by atoms with van der Waals surface area (Å²) in [6.07, 6.45) is 3.71. The van der Waals surface area contributed by atoms with Gasteiger partial charge >= 0.3 is 0 Å². The van der Waals surface area contributed by atoms with E-state index in [-0.39, 0.29) is 17.7 Å². The summed E-state index contributed by atoms with van der Waals surface area (Å²) in [5, 5.41) is 2.76. The van der Waals surface area contributed by atoms with Crippen molar-refractivity contribution < 1.29 is 9.59 Å². The maximum absolute atomic E-state index is 12.2. The van der Waals surface area contributed by atoms with E-state index >= 15 is 0 Å². The van der Waals surface area contributed by atoms with Crippen molar-refractivity contribution in [3.63, 3.8) is 0 Å². The summed E-state index contributed by atoms with van der Waals surface area (Å²) < 4.78 is 0. The minimum Gasteiger partial charge on any atom is -0.343 e. The fourth-order valence-corrected chi connectivity index (χ4v) is 2.55. The van der Waals surface area contributed by atoms with E-state index in [9.17, 15) is 9.59 Å². The predicted molar refractivity (Wildman–Crippen MR) is 65.4 cm³/mol. The second kappa shape index (κ2) is 4.33. The second-order valence-corrected chi connectivity index (χ2v) is 5.18. The van der Waals surface area contributed by atoms with Gasteiger partial charge in [-0.3, -0.25) is 9.59 Å². The molecule has 94 valence electrons. The van der Waals surface area contributed by atoms with Crippen molar-refractivity contribution >= 4 is 23.4 Å². The van der Waals surface area contributed by atoms with Crippen LogP contribution in [0.25, 0.3) is 0 Å². The van der Waals surface area contributed by atoms with Crippen LogP contribution in [-0.4, -0.2) is 34.8 Å². The fraction of sp³-hybridized carbons (Fsp3) is 0.667. The van der Waals surface area contributed by atoms with Crippen LogP contribution in [0.15, 0.2) is 11.6 Å². The van der Waals surface area contributed by atoms with E-state index in [0.717, 1.165) is 12.8 Å². The van der Waals surface area contributed by atoms with Gasteiger partial charge in [0.2, 0.25) is 11.8 Å². The summed E-state index contributed by atoms with van der Waals surface area (Å²) >= 11 is 5.51. The molecule has 1 saturated carbocycles. The Morgan fingerprint density at radius 2 is 2.18 bits per heavy atom. The van der Waals surface area contributed by atoms with Gasteiger partial charge in [-0.05, 0) is 32.6 Å². The van der Waals surface area contributed by atoms with Crippen LogP contribution in [0, 0.1) is 5.92 Å². The van der Waals surface area contributed by atoms with Gasteiger partial charge in [0.05, 0.1) is 0 Å². The van der Waals surface area contributed by atoms with E-state index in [1.807, 2.05) is 6.92 Å². The molecular weight excluding hydrogens is 240 g/mol. The summed E-state index contributed by atoms with van der Waals surface area (Å²) in [4.78, 5) is 26.0. The number of carbonyl (C=O) groups excluding carboxylic acids is 2. The van der Waals surface area contributed by atoms with E-state index in [1.165, 1.54) is 5.54 Å². The standard InChI is InChI=1S/C12H17ClN2O2/c1-8-10(16)15(7-3-6-13)12(2,9-4-5-9)11(17)14-8/h3,6,8-9H,4-5,7H2,1-2H3,(H,14,17)/b6-3+. The molecule has 1 aliphatic heterocycles. The summed E-state index contributed by atoms with van der Waals surface area (Å²) in [6, 6.07) is -0.446. The molecule has 17 heavy (non-hydrogen) atoms. The molecule has 0 aromatic heterocycles. The Morgan fingerprint density at radius 3 is 2.71 bits per heavy atom. The molecule has 1 N–H and O–H groups in total. The molecule has 2 fully saturated rings. The number of nitrogens with one attached hydrogen (secondary N) is 1. The number of hydrogen-bond donors (Lipinski definition) is 1. The third-order valence-corrected chi connectivity index (χ3v) is 3.93. The summed E-state index contributed by atoms with van der Waals surface area (Å²) in [5.74, 6) is 0.200. The normalized spacial score (nSPS) is 34.3. The Kier molecular flexibility index (Phi) is 3.17. The number of nitrogens with zero attached hydrogens (tertiary/aromatic N) is 1. The average Bonchev–Trinajstić information content (AvgIpc) is 3.10. The first kappa shape index (κ1) is 12.4. The first-order valence-electron chi connectivity index (χ1n) is 5.89. The molecule has 2 atom stereocenters. The summed E-state index contributed by atoms with van der Waals surface area (Å²) in [6.45, 7) is 3.96. The quantitative estimate of drug-likeness (QED) is 0.826. The van der Waals surface area contributed by atoms with Gasteiger partial charge in [0.1, 0.15) is 11.6 Å². The first-order chi connectivity index (χ1) is 8.01. The van der Waals surface area contributed by atoms with Gasteiger partial charge in [-0.15, -0.1) is 0 Å². The molecule has 0 aromatic carbocycles. The van der Waals surface area contributed by atoms with Crippen LogP contribution in [0.5, 0.6) is 0 Å². The lowest BCUT2D eigenvalue weighted by molar-refractivity contribution is -0.156. The van der Waals surface area contributed by atoms with Gasteiger partial charge in [0.25, 0.3) is 0 Å². The fourth-order valence-electron chi connectivity index (χ4n) is 2.47. The van der Waals surface area contributed by atoms with Crippen LogP contribution < -0.4 is 5.32 Å². The van der Waals surface area contributed by atoms with Crippen LogP contribution in [0.2, 0.25) is 0 Å². The van der Waals surface area contributed by atoms with E-state index in [0.29, 0.717) is 6.54 Å². The zero-order valence-corrected chi connectivity index (χ0v) is 10.8. The molecule has 2 rings (SSSR count). The highest BCUT2D eigenvalue weighted by atomic mass is 35.5. The molecular formula is C12H17ClN2O2. The van der Waals surface area contributed by atoms with Crippen LogP contribution in [0.3, 0.4) is 0 Å². The lowest BCUT2D eigenvalue weighted by atomic mass is 9.88. The molecule has 2 unspecified atom stereocenters. The maximum atomic E-state index is 12.2. The molecule has 2 aliphatic rings. The van der Waals surface area contributed by atoms with Gasteiger partial charge in [-0.2, -0.15) is 0 Å². The van der Waals surface area contributed by atoms with Crippen LogP contribution >= 0.6 is 11.6 Å². The molecule has 0 bridgehead atoms. The Balaban J connectivity index is 2.30. The van der Waals surface area contributed by atoms with E-state index < -0.39 is 11.6 Å². The Hall–Kier alpha value is -1.03. The van der Waals surface area contributed by atoms with Crippen molar-refractivity contribution in [2.24, 2.45) is 5.92 Å². The molecule has 2 amide bonds. The van der Waals surface area contributed by atoms with Crippen molar-refractivity contribution in [3.8, 4) is 0 Å². The lowest BCUT2D eigenvalue weighted by Crippen LogP contribution is -2.69. The molecule has 1 heterocycles. The maximum Gasteiger partial charge on any atom is 0.246 e. The van der Waals surface area contributed by atoms with Crippen molar-refractivity contribution in [2.45, 2.75) is 38.3 Å². The number of amides is 2. The zero-order valence-electron chi connectivity index (χ0n) is 10.1. The molecule has 1 aliphatic carbocycles. The van der Waals surface area contributed by atoms with Gasteiger partial charge in [-0.1, -0.05) is 17.7 Å². The topological polar surface area (TPSA) is 49.4 Å². The van der Waals surface area contributed by atoms with E-state index in [1.54, 1.807) is 17.9 Å². The van der Waals surface area contributed by atoms with Crippen molar-refractivity contribution in [1.82, 2.24) is 10.2 Å². The third-order valence-electron chi connectivity index (χ3n) is 3.75. The summed E-state index contributed by atoms with van der Waals surface area (Å²) in [7, 11) is 0. The smallest absolute Gasteiger partial charge is 0.246 e. The van der Waals surface area contributed by atoms with Crippen molar-refractivity contribution in [1.29, 1.82) is 0 Å². The lowest BCUT2D eigenvalue weighted by Gasteiger charge is -2.45.